The number of hydrogen-bond acceptors (Lipinski definition) is 2. The van der Waals surface area contributed by atoms with Crippen molar-refractivity contribution in [3.8, 4) is 0 Å². The molecule has 0 bridgehead atoms. The maximum absolute atomic E-state index is 6.03. The highest BCUT2D eigenvalue weighted by atomic mass is 16.5. The second-order valence-electron chi connectivity index (χ2n) is 4.02. The molecule has 0 aromatic carbocycles. The van der Waals surface area contributed by atoms with Gasteiger partial charge in [0.25, 0.3) is 0 Å². The maximum atomic E-state index is 6.03. The molecule has 64 valence electrons. The van der Waals surface area contributed by atoms with E-state index in [0.717, 1.165) is 6.61 Å². The van der Waals surface area contributed by atoms with Crippen LogP contribution in [0.2, 0.25) is 0 Å². The number of rotatable bonds is 0. The summed E-state index contributed by atoms with van der Waals surface area (Å²) >= 11 is 0. The fraction of sp³-hybridized carbons (Fsp3) is 1.00. The second kappa shape index (κ2) is 2.76. The first-order chi connectivity index (χ1) is 5.29. The molecule has 1 aliphatic carbocycles. The summed E-state index contributed by atoms with van der Waals surface area (Å²) in [6.45, 7) is 3.19. The predicted molar refractivity (Wildman–Crippen MR) is 44.2 cm³/mol. The minimum atomic E-state index is 0.409. The molecule has 0 radical (unpaired) electrons. The molecule has 0 aromatic heterocycles. The molecule has 1 saturated heterocycles. The second-order valence-corrected chi connectivity index (χ2v) is 4.02. The van der Waals surface area contributed by atoms with Crippen LogP contribution in [0.25, 0.3) is 0 Å². The first-order valence-electron chi connectivity index (χ1n) is 4.66. The predicted octanol–water partition coefficient (Wildman–Crippen LogP) is 1.15. The van der Waals surface area contributed by atoms with Gasteiger partial charge in [0.15, 0.2) is 0 Å². The van der Waals surface area contributed by atoms with Gasteiger partial charge in [0.05, 0.1) is 6.10 Å². The largest absolute Gasteiger partial charge is 0.378 e. The molecule has 0 aromatic rings. The monoisotopic (exact) mass is 155 g/mol. The zero-order chi connectivity index (χ0) is 7.84. The Bertz CT molecular complexity index is 146. The third kappa shape index (κ3) is 1.18. The number of ether oxygens (including phenoxy) is 1. The molecule has 0 unspecified atom stereocenters. The van der Waals surface area contributed by atoms with Crippen LogP contribution in [0.5, 0.6) is 0 Å². The molecule has 2 N–H and O–H groups in total. The van der Waals surface area contributed by atoms with Crippen molar-refractivity contribution in [2.75, 3.05) is 6.61 Å². The lowest BCUT2D eigenvalue weighted by molar-refractivity contribution is 0.0593. The summed E-state index contributed by atoms with van der Waals surface area (Å²) in [5, 5.41) is 0. The van der Waals surface area contributed by atoms with Crippen LogP contribution >= 0.6 is 0 Å². The van der Waals surface area contributed by atoms with E-state index >= 15 is 0 Å². The highest BCUT2D eigenvalue weighted by Crippen LogP contribution is 2.36. The van der Waals surface area contributed by atoms with Crippen LogP contribution < -0.4 is 5.73 Å². The van der Waals surface area contributed by atoms with E-state index in [1.54, 1.807) is 0 Å². The van der Waals surface area contributed by atoms with Gasteiger partial charge >= 0.3 is 0 Å². The molecule has 2 fully saturated rings. The minimum Gasteiger partial charge on any atom is -0.378 e. The standard InChI is InChI=1S/C9H17NO/c1-6-5-11-8-4-2-3-7(10)9(6)8/h6-9H,2-5,10H2,1H3/t6-,7-,8-,9-/m1/s1. The van der Waals surface area contributed by atoms with Crippen molar-refractivity contribution in [3.63, 3.8) is 0 Å². The zero-order valence-electron chi connectivity index (χ0n) is 7.12. The molecule has 1 aliphatic heterocycles. The summed E-state index contributed by atoms with van der Waals surface area (Å²) in [4.78, 5) is 0. The van der Waals surface area contributed by atoms with Gasteiger partial charge in [-0.25, -0.2) is 0 Å². The zero-order valence-corrected chi connectivity index (χ0v) is 7.12. The summed E-state index contributed by atoms with van der Waals surface area (Å²) in [5.41, 5.74) is 6.03. The van der Waals surface area contributed by atoms with Crippen LogP contribution in [0.1, 0.15) is 26.2 Å². The molecular formula is C9H17NO. The molecule has 0 spiro atoms. The fourth-order valence-corrected chi connectivity index (χ4v) is 2.58. The first-order valence-corrected chi connectivity index (χ1v) is 4.66. The fourth-order valence-electron chi connectivity index (χ4n) is 2.58. The van der Waals surface area contributed by atoms with Gasteiger partial charge in [-0.15, -0.1) is 0 Å². The maximum Gasteiger partial charge on any atom is 0.0621 e. The van der Waals surface area contributed by atoms with E-state index in [0.29, 0.717) is 24.0 Å². The Labute approximate surface area is 68.1 Å². The Kier molecular flexibility index (Phi) is 1.90. The van der Waals surface area contributed by atoms with E-state index in [1.165, 1.54) is 19.3 Å². The van der Waals surface area contributed by atoms with Gasteiger partial charge in [0, 0.05) is 18.6 Å². The molecular weight excluding hydrogens is 138 g/mol. The third-order valence-electron chi connectivity index (χ3n) is 3.18. The smallest absolute Gasteiger partial charge is 0.0621 e. The number of hydrogen-bond donors (Lipinski definition) is 1. The summed E-state index contributed by atoms with van der Waals surface area (Å²) < 4.78 is 5.66. The van der Waals surface area contributed by atoms with Crippen molar-refractivity contribution in [2.45, 2.75) is 38.3 Å². The topological polar surface area (TPSA) is 35.2 Å². The number of fused-ring (bicyclic) bond motifs is 1. The van der Waals surface area contributed by atoms with Crippen LogP contribution in [-0.4, -0.2) is 18.8 Å². The lowest BCUT2D eigenvalue weighted by Gasteiger charge is -2.31. The van der Waals surface area contributed by atoms with Crippen LogP contribution in [0, 0.1) is 11.8 Å². The Hall–Kier alpha value is -0.0800. The van der Waals surface area contributed by atoms with Crippen LogP contribution in [0.3, 0.4) is 0 Å². The van der Waals surface area contributed by atoms with Crippen molar-refractivity contribution in [1.29, 1.82) is 0 Å². The van der Waals surface area contributed by atoms with E-state index in [2.05, 4.69) is 6.92 Å². The average molecular weight is 155 g/mol. The molecule has 4 atom stereocenters. The molecule has 11 heavy (non-hydrogen) atoms. The van der Waals surface area contributed by atoms with E-state index in [9.17, 15) is 0 Å². The van der Waals surface area contributed by atoms with Gasteiger partial charge in [0.1, 0.15) is 0 Å². The normalized spacial score (nSPS) is 50.7. The van der Waals surface area contributed by atoms with Crippen molar-refractivity contribution in [3.05, 3.63) is 0 Å². The summed E-state index contributed by atoms with van der Waals surface area (Å²) in [5.74, 6) is 1.35. The Balaban J connectivity index is 2.08. The van der Waals surface area contributed by atoms with Crippen LogP contribution in [-0.2, 0) is 4.74 Å². The Morgan fingerprint density at radius 3 is 2.91 bits per heavy atom. The molecule has 0 amide bonds. The molecule has 2 rings (SSSR count). The molecule has 1 saturated carbocycles. The Morgan fingerprint density at radius 1 is 1.36 bits per heavy atom. The molecule has 2 heteroatoms. The van der Waals surface area contributed by atoms with Gasteiger partial charge < -0.3 is 10.5 Å². The number of nitrogens with two attached hydrogens (primary N) is 1. The molecule has 1 heterocycles. The van der Waals surface area contributed by atoms with Gasteiger partial charge in [-0.05, 0) is 25.2 Å². The lowest BCUT2D eigenvalue weighted by atomic mass is 9.78. The molecule has 2 nitrogen and oxygen atoms in total. The summed E-state index contributed by atoms with van der Waals surface area (Å²) in [7, 11) is 0. The van der Waals surface area contributed by atoms with Crippen LogP contribution in [0.4, 0.5) is 0 Å². The van der Waals surface area contributed by atoms with Crippen LogP contribution in [0.15, 0.2) is 0 Å². The van der Waals surface area contributed by atoms with Gasteiger partial charge in [-0.2, -0.15) is 0 Å². The van der Waals surface area contributed by atoms with Crippen molar-refractivity contribution < 1.29 is 4.74 Å². The average Bonchev–Trinajstić information content (AvgIpc) is 2.34. The Morgan fingerprint density at radius 2 is 2.18 bits per heavy atom. The first kappa shape index (κ1) is 7.56. The van der Waals surface area contributed by atoms with E-state index in [1.807, 2.05) is 0 Å². The lowest BCUT2D eigenvalue weighted by Crippen LogP contribution is -2.41. The minimum absolute atomic E-state index is 0.409. The summed E-state index contributed by atoms with van der Waals surface area (Å²) in [6, 6.07) is 0.409. The van der Waals surface area contributed by atoms with E-state index in [4.69, 9.17) is 10.5 Å². The van der Waals surface area contributed by atoms with Gasteiger partial charge in [-0.3, -0.25) is 0 Å². The van der Waals surface area contributed by atoms with Crippen molar-refractivity contribution >= 4 is 0 Å². The van der Waals surface area contributed by atoms with E-state index in [-0.39, 0.29) is 0 Å². The van der Waals surface area contributed by atoms with E-state index < -0.39 is 0 Å². The highest BCUT2D eigenvalue weighted by Gasteiger charge is 2.40. The van der Waals surface area contributed by atoms with Gasteiger partial charge in [-0.1, -0.05) is 6.92 Å². The third-order valence-corrected chi connectivity index (χ3v) is 3.18. The quantitative estimate of drug-likeness (QED) is 0.569. The van der Waals surface area contributed by atoms with Gasteiger partial charge in [0.2, 0.25) is 0 Å². The SMILES string of the molecule is C[C@@H]1CO[C@@H]2CCC[C@@H](N)[C@@H]12. The molecule has 2 aliphatic rings. The van der Waals surface area contributed by atoms with Crippen molar-refractivity contribution in [2.24, 2.45) is 17.6 Å². The van der Waals surface area contributed by atoms with Crippen molar-refractivity contribution in [1.82, 2.24) is 0 Å². The highest BCUT2D eigenvalue weighted by molar-refractivity contribution is 4.91. The summed E-state index contributed by atoms with van der Waals surface area (Å²) in [6.07, 6.45) is 4.20.